The Bertz CT molecular complexity index is 1180. The first-order valence-corrected chi connectivity index (χ1v) is 20.2. The predicted octanol–water partition coefficient (Wildman–Crippen LogP) is 2.68. The van der Waals surface area contributed by atoms with Gasteiger partial charge in [-0.15, -0.1) is 0 Å². The quantitative estimate of drug-likeness (QED) is 0.216. The van der Waals surface area contributed by atoms with E-state index in [0.717, 1.165) is 6.42 Å². The highest BCUT2D eigenvalue weighted by atomic mass is 16.7. The van der Waals surface area contributed by atoms with Crippen molar-refractivity contribution in [3.05, 3.63) is 0 Å². The van der Waals surface area contributed by atoms with Crippen molar-refractivity contribution in [2.75, 3.05) is 34.3 Å². The van der Waals surface area contributed by atoms with Crippen molar-refractivity contribution in [3.8, 4) is 0 Å². The molecule has 3 fully saturated rings. The molecule has 0 aromatic heterocycles. The molecule has 0 saturated carbocycles. The van der Waals surface area contributed by atoms with Crippen LogP contribution < -0.4 is 0 Å². The molecule has 0 radical (unpaired) electrons. The molecule has 3 aliphatic heterocycles. The van der Waals surface area contributed by atoms with Gasteiger partial charge in [-0.3, -0.25) is 9.69 Å². The van der Waals surface area contributed by atoms with E-state index in [2.05, 4.69) is 4.90 Å². The summed E-state index contributed by atoms with van der Waals surface area (Å²) >= 11 is 0. The van der Waals surface area contributed by atoms with Crippen LogP contribution in [0.25, 0.3) is 0 Å². The summed E-state index contributed by atoms with van der Waals surface area (Å²) in [4.78, 5) is 18.3. The number of esters is 1. The number of carbonyl (C=O) groups is 1. The average Bonchev–Trinajstić information content (AvgIpc) is 3.09. The predicted molar refractivity (Wildman–Crippen MR) is 203 cm³/mol. The van der Waals surface area contributed by atoms with Crippen LogP contribution in [0.5, 0.6) is 0 Å². The Kier molecular flexibility index (Phi) is 16.8. The molecule has 0 aliphatic carbocycles. The Morgan fingerprint density at radius 2 is 1.56 bits per heavy atom. The summed E-state index contributed by atoms with van der Waals surface area (Å²) in [6, 6.07) is -0.790. The van der Waals surface area contributed by atoms with E-state index < -0.39 is 96.0 Å². The van der Waals surface area contributed by atoms with Crippen molar-refractivity contribution in [2.45, 2.75) is 199 Å². The largest absolute Gasteiger partial charge is 0.459 e. The molecular weight excluding hydrogens is 700 g/mol. The summed E-state index contributed by atoms with van der Waals surface area (Å²) in [5.74, 6) is -2.57. The number of hydrogen-bond acceptors (Lipinski definition) is 14. The number of methoxy groups -OCH3 is 1. The molecule has 1 unspecified atom stereocenters. The summed E-state index contributed by atoms with van der Waals surface area (Å²) in [6.07, 6.45) is -7.39. The molecule has 3 heterocycles. The molecule has 0 bridgehead atoms. The van der Waals surface area contributed by atoms with Crippen LogP contribution in [0, 0.1) is 17.8 Å². The highest BCUT2D eigenvalue weighted by Crippen LogP contribution is 2.40. The molecule has 3 saturated heterocycles. The SMILES string of the molecule is CCCN1C[C@H](C)C[C@@](C)(O)C(O[C@@H]2O[C@H](C)C[C@H](N(C)C)[C@H]2O)[C@@H](C)[C@H](O[C@H]2C[C@@](C)(OC)[C@@H](O)[C@H](C)O2)[C@@H](C)C(=O)O[C@H](CC)[C@@](C)(O)[C@H](O)[C@H]1C. The number of hydrogen-bond donors (Lipinski definition) is 5. The van der Waals surface area contributed by atoms with E-state index in [9.17, 15) is 30.3 Å². The van der Waals surface area contributed by atoms with Crippen molar-refractivity contribution in [3.63, 3.8) is 0 Å². The van der Waals surface area contributed by atoms with E-state index in [1.165, 1.54) is 14.0 Å². The average molecular weight is 777 g/mol. The Hall–Kier alpha value is -1.01. The fraction of sp³-hybridized carbons (Fsp3) is 0.975. The molecule has 0 amide bonds. The van der Waals surface area contributed by atoms with E-state index in [4.69, 9.17) is 28.4 Å². The number of likely N-dealkylation sites (N-methyl/N-ethyl adjacent to an activating group) is 1. The normalized spacial score (nSPS) is 48.2. The number of carbonyl (C=O) groups excluding carboxylic acids is 1. The van der Waals surface area contributed by atoms with Gasteiger partial charge in [-0.05, 0) is 101 Å². The Morgan fingerprint density at radius 1 is 0.926 bits per heavy atom. The minimum Gasteiger partial charge on any atom is -0.459 e. The van der Waals surface area contributed by atoms with Crippen molar-refractivity contribution >= 4 is 5.97 Å². The van der Waals surface area contributed by atoms with Gasteiger partial charge in [-0.1, -0.05) is 27.7 Å². The number of aliphatic hydroxyl groups excluding tert-OH is 3. The minimum atomic E-state index is -1.80. The topological polar surface area (TPSA) is 180 Å². The Morgan fingerprint density at radius 3 is 2.11 bits per heavy atom. The van der Waals surface area contributed by atoms with Gasteiger partial charge in [-0.25, -0.2) is 0 Å². The smallest absolute Gasteiger partial charge is 0.311 e. The van der Waals surface area contributed by atoms with Crippen molar-refractivity contribution < 1.29 is 58.7 Å². The first-order chi connectivity index (χ1) is 24.9. The third-order valence-electron chi connectivity index (χ3n) is 12.5. The van der Waals surface area contributed by atoms with Crippen molar-refractivity contribution in [1.29, 1.82) is 0 Å². The molecule has 14 nitrogen and oxygen atoms in total. The van der Waals surface area contributed by atoms with Gasteiger partial charge in [0.2, 0.25) is 0 Å². The van der Waals surface area contributed by atoms with Gasteiger partial charge in [0, 0.05) is 38.1 Å². The number of aliphatic hydroxyl groups is 5. The summed E-state index contributed by atoms with van der Waals surface area (Å²) in [7, 11) is 5.29. The van der Waals surface area contributed by atoms with Gasteiger partial charge in [0.05, 0.1) is 41.5 Å². The summed E-state index contributed by atoms with van der Waals surface area (Å²) in [5.41, 5.74) is -4.38. The van der Waals surface area contributed by atoms with Gasteiger partial charge in [0.15, 0.2) is 12.6 Å². The van der Waals surface area contributed by atoms with Crippen LogP contribution in [-0.4, -0.2) is 166 Å². The van der Waals surface area contributed by atoms with E-state index in [1.807, 2.05) is 53.6 Å². The molecule has 318 valence electrons. The number of ether oxygens (including phenoxy) is 6. The van der Waals surface area contributed by atoms with E-state index in [0.29, 0.717) is 19.5 Å². The fourth-order valence-electron chi connectivity index (χ4n) is 9.19. The van der Waals surface area contributed by atoms with Crippen molar-refractivity contribution in [1.82, 2.24) is 9.80 Å². The van der Waals surface area contributed by atoms with Gasteiger partial charge in [0.1, 0.15) is 30.0 Å². The standard InChI is InChI=1S/C40H76N2O12/c1-15-17-42-21-22(3)19-38(9,47)35(54-37-31(43)28(41(12)13)18-23(4)50-37)24(5)32(53-30-20-39(10,49-14)34(45)27(8)51-30)25(6)36(46)52-29(16-2)40(11,48)33(44)26(42)7/h22-35,37,43-45,47-48H,15-21H2,1-14H3/t22-,23-,24+,25-,26-,27+,28+,29-,30+,31-,32+,33-,34+,35?,37+,38-,39-,40-/m1/s1. The van der Waals surface area contributed by atoms with E-state index >= 15 is 0 Å². The molecule has 3 aliphatic rings. The summed E-state index contributed by atoms with van der Waals surface area (Å²) in [6.45, 7) is 20.9. The minimum absolute atomic E-state index is 0.134. The van der Waals surface area contributed by atoms with Gasteiger partial charge >= 0.3 is 5.97 Å². The fourth-order valence-corrected chi connectivity index (χ4v) is 9.19. The molecule has 18 atom stereocenters. The maximum atomic E-state index is 14.3. The molecule has 54 heavy (non-hydrogen) atoms. The molecule has 0 aromatic rings. The van der Waals surface area contributed by atoms with Crippen LogP contribution in [0.1, 0.15) is 108 Å². The first kappa shape index (κ1) is 47.4. The third-order valence-corrected chi connectivity index (χ3v) is 12.5. The second-order valence-electron chi connectivity index (χ2n) is 17.7. The lowest BCUT2D eigenvalue weighted by atomic mass is 9.77. The lowest BCUT2D eigenvalue weighted by Crippen LogP contribution is -2.60. The van der Waals surface area contributed by atoms with Crippen molar-refractivity contribution in [2.24, 2.45) is 17.8 Å². The van der Waals surface area contributed by atoms with E-state index in [1.54, 1.807) is 34.6 Å². The lowest BCUT2D eigenvalue weighted by molar-refractivity contribution is -0.318. The Labute approximate surface area is 324 Å². The zero-order valence-electron chi connectivity index (χ0n) is 35.6. The summed E-state index contributed by atoms with van der Waals surface area (Å²) < 4.78 is 37.7. The zero-order chi connectivity index (χ0) is 41.1. The molecule has 3 rings (SSSR count). The highest BCUT2D eigenvalue weighted by Gasteiger charge is 2.52. The number of cyclic esters (lactones) is 1. The maximum Gasteiger partial charge on any atom is 0.311 e. The second kappa shape index (κ2) is 19.2. The van der Waals surface area contributed by atoms with E-state index in [-0.39, 0.29) is 37.3 Å². The highest BCUT2D eigenvalue weighted by molar-refractivity contribution is 5.73. The van der Waals surface area contributed by atoms with Crippen LogP contribution in [0.2, 0.25) is 0 Å². The zero-order valence-corrected chi connectivity index (χ0v) is 35.6. The molecule has 0 spiro atoms. The first-order valence-electron chi connectivity index (χ1n) is 20.2. The van der Waals surface area contributed by atoms with Crippen LogP contribution in [-0.2, 0) is 33.2 Å². The summed E-state index contributed by atoms with van der Waals surface area (Å²) in [5, 5.41) is 58.8. The van der Waals surface area contributed by atoms with Crippen LogP contribution in [0.4, 0.5) is 0 Å². The van der Waals surface area contributed by atoms with Gasteiger partial charge in [-0.2, -0.15) is 0 Å². The number of nitrogens with zero attached hydrogens (tertiary/aromatic N) is 2. The molecular formula is C40H76N2O12. The maximum absolute atomic E-state index is 14.3. The molecule has 14 heteroatoms. The van der Waals surface area contributed by atoms with Crippen LogP contribution in [0.15, 0.2) is 0 Å². The third kappa shape index (κ3) is 10.7. The Balaban J connectivity index is 2.20. The van der Waals surface area contributed by atoms with Gasteiger partial charge < -0.3 is 58.9 Å². The molecule has 5 N–H and O–H groups in total. The second-order valence-corrected chi connectivity index (χ2v) is 17.7. The van der Waals surface area contributed by atoms with Crippen LogP contribution in [0.3, 0.4) is 0 Å². The molecule has 0 aromatic carbocycles. The van der Waals surface area contributed by atoms with Gasteiger partial charge in [0.25, 0.3) is 0 Å². The monoisotopic (exact) mass is 777 g/mol. The number of rotatable bonds is 9. The van der Waals surface area contributed by atoms with Crippen LogP contribution >= 0.6 is 0 Å². The lowest BCUT2D eigenvalue weighted by Gasteiger charge is -2.48.